The molecule has 0 aliphatic heterocycles. The first-order valence-corrected chi connectivity index (χ1v) is 9.10. The molecule has 0 aromatic heterocycles. The molecule has 1 N–H and O–H groups in total. The van der Waals surface area contributed by atoms with Gasteiger partial charge in [-0.15, -0.1) is 0 Å². The highest BCUT2D eigenvalue weighted by Gasteiger charge is 2.30. The van der Waals surface area contributed by atoms with Crippen LogP contribution in [0.1, 0.15) is 66.5 Å². The number of carbonyl (C=O) groups is 2. The van der Waals surface area contributed by atoms with Gasteiger partial charge in [0.05, 0.1) is 5.54 Å². The zero-order valence-corrected chi connectivity index (χ0v) is 16.3. The second-order valence-electron chi connectivity index (χ2n) is 7.31. The first-order chi connectivity index (χ1) is 12.3. The van der Waals surface area contributed by atoms with Crippen molar-refractivity contribution in [1.29, 1.82) is 0 Å². The predicted octanol–water partition coefficient (Wildman–Crippen LogP) is 4.40. The number of hydrazine groups is 1. The molecular formula is C22H28N2O2. The smallest absolute Gasteiger partial charge is 0.267 e. The largest absolute Gasteiger partial charge is 0.273 e. The van der Waals surface area contributed by atoms with Gasteiger partial charge < -0.3 is 0 Å². The summed E-state index contributed by atoms with van der Waals surface area (Å²) in [6.45, 7) is 9.79. The third kappa shape index (κ3) is 4.51. The van der Waals surface area contributed by atoms with E-state index in [4.69, 9.17) is 0 Å². The highest BCUT2D eigenvalue weighted by Crippen LogP contribution is 2.19. The number of nitrogens with zero attached hydrogens (tertiary/aromatic N) is 1. The number of hydrogen-bond acceptors (Lipinski definition) is 2. The summed E-state index contributed by atoms with van der Waals surface area (Å²) in [5.41, 5.74) is 5.53. The van der Waals surface area contributed by atoms with Crippen LogP contribution in [-0.4, -0.2) is 22.4 Å². The third-order valence-corrected chi connectivity index (χ3v) is 4.34. The van der Waals surface area contributed by atoms with Gasteiger partial charge in [-0.2, -0.15) is 0 Å². The molecule has 0 saturated carbocycles. The number of hydrogen-bond donors (Lipinski definition) is 1. The molecule has 0 unspecified atom stereocenters. The molecule has 0 atom stereocenters. The first-order valence-electron chi connectivity index (χ1n) is 9.10. The molecular weight excluding hydrogens is 324 g/mol. The Labute approximate surface area is 156 Å². The van der Waals surface area contributed by atoms with Crippen molar-refractivity contribution in [1.82, 2.24) is 10.4 Å². The fourth-order valence-electron chi connectivity index (χ4n) is 2.74. The molecule has 0 aliphatic rings. The van der Waals surface area contributed by atoms with Gasteiger partial charge in [0.2, 0.25) is 0 Å². The molecule has 2 amide bonds. The van der Waals surface area contributed by atoms with Crippen LogP contribution in [-0.2, 0) is 12.8 Å². The van der Waals surface area contributed by atoms with Crippen LogP contribution in [0.5, 0.6) is 0 Å². The summed E-state index contributed by atoms with van der Waals surface area (Å²) < 4.78 is 0. The van der Waals surface area contributed by atoms with Crippen molar-refractivity contribution in [2.75, 3.05) is 0 Å². The normalized spacial score (nSPS) is 11.1. The molecule has 2 rings (SSSR count). The van der Waals surface area contributed by atoms with Crippen LogP contribution < -0.4 is 5.43 Å². The van der Waals surface area contributed by atoms with E-state index in [1.54, 1.807) is 12.1 Å². The lowest BCUT2D eigenvalue weighted by atomic mass is 10.0. The Hall–Kier alpha value is -2.62. The number of rotatable bonds is 4. The highest BCUT2D eigenvalue weighted by molar-refractivity contribution is 6.00. The Balaban J connectivity index is 2.30. The maximum Gasteiger partial charge on any atom is 0.273 e. The zero-order valence-electron chi connectivity index (χ0n) is 16.3. The molecule has 2 aromatic rings. The summed E-state index contributed by atoms with van der Waals surface area (Å²) in [6.07, 6.45) is 1.68. The van der Waals surface area contributed by atoms with Gasteiger partial charge in [0.25, 0.3) is 11.8 Å². The minimum Gasteiger partial charge on any atom is -0.267 e. The molecule has 26 heavy (non-hydrogen) atoms. The van der Waals surface area contributed by atoms with Gasteiger partial charge in [-0.05, 0) is 62.9 Å². The topological polar surface area (TPSA) is 49.4 Å². The molecule has 0 heterocycles. The lowest BCUT2D eigenvalue weighted by Crippen LogP contribution is -2.56. The average Bonchev–Trinajstić information content (AvgIpc) is 2.64. The average molecular weight is 352 g/mol. The van der Waals surface area contributed by atoms with Crippen molar-refractivity contribution in [3.63, 3.8) is 0 Å². The van der Waals surface area contributed by atoms with Crippen LogP contribution in [0.3, 0.4) is 0 Å². The van der Waals surface area contributed by atoms with E-state index >= 15 is 0 Å². The number of benzene rings is 2. The zero-order chi connectivity index (χ0) is 19.3. The van der Waals surface area contributed by atoms with E-state index in [9.17, 15) is 9.59 Å². The number of aryl methyl sites for hydroxylation is 2. The van der Waals surface area contributed by atoms with E-state index in [1.165, 1.54) is 10.6 Å². The van der Waals surface area contributed by atoms with Gasteiger partial charge in [0, 0.05) is 11.1 Å². The Morgan fingerprint density at radius 2 is 1.54 bits per heavy atom. The molecule has 0 spiro atoms. The van der Waals surface area contributed by atoms with Gasteiger partial charge in [-0.25, -0.2) is 5.01 Å². The number of carbonyl (C=O) groups excluding carboxylic acids is 2. The van der Waals surface area contributed by atoms with Crippen molar-refractivity contribution in [3.8, 4) is 0 Å². The fraction of sp³-hybridized carbons (Fsp3) is 0.364. The SMILES string of the molecule is CCc1ccc(C(=O)NN(C(=O)c2ccccc2CC)C(C)(C)C)cc1. The summed E-state index contributed by atoms with van der Waals surface area (Å²) >= 11 is 0. The van der Waals surface area contributed by atoms with Crippen molar-refractivity contribution >= 4 is 11.8 Å². The van der Waals surface area contributed by atoms with Crippen molar-refractivity contribution in [2.24, 2.45) is 0 Å². The molecule has 2 aromatic carbocycles. The van der Waals surface area contributed by atoms with Crippen LogP contribution in [0.4, 0.5) is 0 Å². The predicted molar refractivity (Wildman–Crippen MR) is 105 cm³/mol. The Bertz CT molecular complexity index is 773. The molecule has 0 bridgehead atoms. The fourth-order valence-corrected chi connectivity index (χ4v) is 2.74. The van der Waals surface area contributed by atoms with Crippen LogP contribution in [0.25, 0.3) is 0 Å². The molecule has 0 saturated heterocycles. The maximum absolute atomic E-state index is 13.1. The first kappa shape index (κ1) is 19.7. The van der Waals surface area contributed by atoms with Crippen LogP contribution in [0.15, 0.2) is 48.5 Å². The van der Waals surface area contributed by atoms with E-state index in [1.807, 2.05) is 64.1 Å². The minimum absolute atomic E-state index is 0.200. The van der Waals surface area contributed by atoms with Crippen molar-refractivity contribution < 1.29 is 9.59 Å². The maximum atomic E-state index is 13.1. The standard InChI is InChI=1S/C22H28N2O2/c1-6-16-12-14-18(15-13-16)20(25)23-24(22(3,4)5)21(26)19-11-9-8-10-17(19)7-2/h8-15H,6-7H2,1-5H3,(H,23,25). The number of amides is 2. The van der Waals surface area contributed by atoms with Gasteiger partial charge in [0.1, 0.15) is 0 Å². The van der Waals surface area contributed by atoms with E-state index in [-0.39, 0.29) is 11.8 Å². The quantitative estimate of drug-likeness (QED) is 0.829. The molecule has 4 heteroatoms. The molecule has 138 valence electrons. The second-order valence-corrected chi connectivity index (χ2v) is 7.31. The van der Waals surface area contributed by atoms with Crippen LogP contribution in [0.2, 0.25) is 0 Å². The molecule has 4 nitrogen and oxygen atoms in total. The highest BCUT2D eigenvalue weighted by atomic mass is 16.2. The van der Waals surface area contributed by atoms with Gasteiger partial charge in [-0.3, -0.25) is 15.0 Å². The summed E-state index contributed by atoms with van der Waals surface area (Å²) in [4.78, 5) is 25.8. The Morgan fingerprint density at radius 3 is 2.08 bits per heavy atom. The molecule has 0 fully saturated rings. The Morgan fingerprint density at radius 1 is 0.923 bits per heavy atom. The van der Waals surface area contributed by atoms with E-state index < -0.39 is 5.54 Å². The summed E-state index contributed by atoms with van der Waals surface area (Å²) in [5, 5.41) is 1.43. The molecule has 0 radical (unpaired) electrons. The minimum atomic E-state index is -0.559. The lowest BCUT2D eigenvalue weighted by Gasteiger charge is -2.36. The van der Waals surface area contributed by atoms with Crippen molar-refractivity contribution in [3.05, 3.63) is 70.8 Å². The van der Waals surface area contributed by atoms with Gasteiger partial charge in [-0.1, -0.05) is 44.2 Å². The Kier molecular flexibility index (Phi) is 6.19. The summed E-state index contributed by atoms with van der Waals surface area (Å²) in [5.74, 6) is -0.488. The summed E-state index contributed by atoms with van der Waals surface area (Å²) in [6, 6.07) is 15.0. The van der Waals surface area contributed by atoms with Crippen LogP contribution in [0, 0.1) is 0 Å². The van der Waals surface area contributed by atoms with Crippen LogP contribution >= 0.6 is 0 Å². The lowest BCUT2D eigenvalue weighted by molar-refractivity contribution is 0.0357. The molecule has 0 aliphatic carbocycles. The monoisotopic (exact) mass is 352 g/mol. The van der Waals surface area contributed by atoms with E-state index in [0.717, 1.165) is 18.4 Å². The second kappa shape index (κ2) is 8.17. The van der Waals surface area contributed by atoms with E-state index in [2.05, 4.69) is 12.3 Å². The third-order valence-electron chi connectivity index (χ3n) is 4.34. The van der Waals surface area contributed by atoms with Gasteiger partial charge in [0.15, 0.2) is 0 Å². The summed E-state index contributed by atoms with van der Waals surface area (Å²) in [7, 11) is 0. The van der Waals surface area contributed by atoms with Gasteiger partial charge >= 0.3 is 0 Å². The number of nitrogens with one attached hydrogen (secondary N) is 1. The van der Waals surface area contributed by atoms with Crippen molar-refractivity contribution in [2.45, 2.75) is 53.0 Å². The van der Waals surface area contributed by atoms with E-state index in [0.29, 0.717) is 11.1 Å².